The second-order valence-corrected chi connectivity index (χ2v) is 8.06. The molecule has 0 saturated heterocycles. The van der Waals surface area contributed by atoms with Gasteiger partial charge in [-0.3, -0.25) is 4.90 Å². The smallest absolute Gasteiger partial charge is 0.338 e. The zero-order valence-electron chi connectivity index (χ0n) is 20.9. The van der Waals surface area contributed by atoms with Gasteiger partial charge in [0.2, 0.25) is 0 Å². The Bertz CT molecular complexity index is 1120. The predicted molar refractivity (Wildman–Crippen MR) is 136 cm³/mol. The molecule has 1 aliphatic heterocycles. The van der Waals surface area contributed by atoms with Crippen molar-refractivity contribution in [2.24, 2.45) is 0 Å². The highest BCUT2D eigenvalue weighted by Gasteiger charge is 2.36. The first kappa shape index (κ1) is 26.6. The lowest BCUT2D eigenvalue weighted by Crippen LogP contribution is -2.48. The molecule has 0 spiro atoms. The zero-order valence-corrected chi connectivity index (χ0v) is 20.9. The van der Waals surface area contributed by atoms with Gasteiger partial charge >= 0.3 is 18.0 Å². The number of rotatable bonds is 10. The lowest BCUT2D eigenvalue weighted by molar-refractivity contribution is -0.140. The standard InChI is InChI=1S/C26H32N4O6/c1-5-14-30-17(2)22(24(31)36-16-15-34-3)23(29-26(30)33)18-10-12-19(13-11-18)27-25(32)28-20-8-6-7-9-21(20)35-4/h6-13,23H,5,14-16H2,1-4H3,(H,29,33)(H2,27,28,32). The molecular formula is C26H32N4O6. The van der Waals surface area contributed by atoms with Crippen molar-refractivity contribution in [2.45, 2.75) is 26.3 Å². The van der Waals surface area contributed by atoms with Gasteiger partial charge in [-0.2, -0.15) is 0 Å². The molecule has 1 atom stereocenters. The first-order valence-corrected chi connectivity index (χ1v) is 11.6. The summed E-state index contributed by atoms with van der Waals surface area (Å²) >= 11 is 0. The Balaban J connectivity index is 1.79. The summed E-state index contributed by atoms with van der Waals surface area (Å²) < 4.78 is 15.6. The van der Waals surface area contributed by atoms with E-state index in [1.807, 2.05) is 13.0 Å². The van der Waals surface area contributed by atoms with Gasteiger partial charge in [-0.05, 0) is 43.2 Å². The van der Waals surface area contributed by atoms with Gasteiger partial charge < -0.3 is 30.2 Å². The molecule has 0 saturated carbocycles. The number of esters is 1. The molecule has 1 heterocycles. The van der Waals surface area contributed by atoms with Gasteiger partial charge in [-0.15, -0.1) is 0 Å². The third-order valence-electron chi connectivity index (χ3n) is 5.64. The van der Waals surface area contributed by atoms with Gasteiger partial charge in [0.25, 0.3) is 0 Å². The summed E-state index contributed by atoms with van der Waals surface area (Å²) in [5.41, 5.74) is 2.65. The fourth-order valence-electron chi connectivity index (χ4n) is 3.88. The van der Waals surface area contributed by atoms with Crippen molar-refractivity contribution in [3.05, 3.63) is 65.4 Å². The van der Waals surface area contributed by atoms with Crippen LogP contribution in [0.3, 0.4) is 0 Å². The predicted octanol–water partition coefficient (Wildman–Crippen LogP) is 4.28. The van der Waals surface area contributed by atoms with E-state index < -0.39 is 18.0 Å². The fourth-order valence-corrected chi connectivity index (χ4v) is 3.88. The molecule has 3 N–H and O–H groups in total. The molecule has 0 bridgehead atoms. The first-order chi connectivity index (χ1) is 17.4. The topological polar surface area (TPSA) is 118 Å². The maximum atomic E-state index is 13.0. The van der Waals surface area contributed by atoms with Crippen LogP contribution in [0.2, 0.25) is 0 Å². The lowest BCUT2D eigenvalue weighted by Gasteiger charge is -2.35. The summed E-state index contributed by atoms with van der Waals surface area (Å²) in [6.45, 7) is 4.55. The number of benzene rings is 2. The number of hydrogen-bond acceptors (Lipinski definition) is 6. The van der Waals surface area contributed by atoms with Crippen LogP contribution >= 0.6 is 0 Å². The summed E-state index contributed by atoms with van der Waals surface area (Å²) in [5.74, 6) is 0.0225. The molecule has 1 aliphatic rings. The van der Waals surface area contributed by atoms with Crippen molar-refractivity contribution in [1.82, 2.24) is 10.2 Å². The van der Waals surface area contributed by atoms with Gasteiger partial charge in [0.1, 0.15) is 12.4 Å². The van der Waals surface area contributed by atoms with Gasteiger partial charge in [0.05, 0.1) is 31.0 Å². The van der Waals surface area contributed by atoms with Crippen LogP contribution in [0.4, 0.5) is 21.0 Å². The van der Waals surface area contributed by atoms with Gasteiger partial charge in [0, 0.05) is 25.0 Å². The second kappa shape index (κ2) is 12.6. The SMILES string of the molecule is CCCN1C(=O)NC(c2ccc(NC(=O)Nc3ccccc3OC)cc2)C(C(=O)OCCOC)=C1C. The molecule has 192 valence electrons. The Morgan fingerprint density at radius 3 is 2.42 bits per heavy atom. The monoisotopic (exact) mass is 496 g/mol. The highest BCUT2D eigenvalue weighted by Crippen LogP contribution is 2.32. The fraction of sp³-hybridized carbons (Fsp3) is 0.346. The van der Waals surface area contributed by atoms with Crippen LogP contribution in [0.1, 0.15) is 31.9 Å². The molecular weight excluding hydrogens is 464 g/mol. The quantitative estimate of drug-likeness (QED) is 0.334. The number of nitrogens with one attached hydrogen (secondary N) is 3. The van der Waals surface area contributed by atoms with E-state index in [0.717, 1.165) is 6.42 Å². The minimum absolute atomic E-state index is 0.102. The summed E-state index contributed by atoms with van der Waals surface area (Å²) in [5, 5.41) is 8.42. The van der Waals surface area contributed by atoms with E-state index in [-0.39, 0.29) is 19.2 Å². The molecule has 0 radical (unpaired) electrons. The molecule has 2 aromatic carbocycles. The van der Waals surface area contributed by atoms with E-state index in [9.17, 15) is 14.4 Å². The van der Waals surface area contributed by atoms with Crippen molar-refractivity contribution in [2.75, 3.05) is 44.6 Å². The van der Waals surface area contributed by atoms with E-state index >= 15 is 0 Å². The summed E-state index contributed by atoms with van der Waals surface area (Å²) in [6.07, 6.45) is 0.735. The number of anilines is 2. The molecule has 3 rings (SSSR count). The Morgan fingerprint density at radius 1 is 1.03 bits per heavy atom. The Morgan fingerprint density at radius 2 is 1.75 bits per heavy atom. The molecule has 10 heteroatoms. The molecule has 10 nitrogen and oxygen atoms in total. The summed E-state index contributed by atoms with van der Waals surface area (Å²) in [7, 11) is 3.05. The highest BCUT2D eigenvalue weighted by atomic mass is 16.6. The minimum Gasteiger partial charge on any atom is -0.495 e. The normalized spacial score (nSPS) is 15.3. The van der Waals surface area contributed by atoms with E-state index in [4.69, 9.17) is 14.2 Å². The average molecular weight is 497 g/mol. The van der Waals surface area contributed by atoms with Crippen molar-refractivity contribution in [1.29, 1.82) is 0 Å². The molecule has 0 fully saturated rings. The van der Waals surface area contributed by atoms with E-state index in [2.05, 4.69) is 16.0 Å². The maximum Gasteiger partial charge on any atom is 0.338 e. The van der Waals surface area contributed by atoms with E-state index in [1.165, 1.54) is 14.2 Å². The molecule has 4 amide bonds. The van der Waals surface area contributed by atoms with Crippen molar-refractivity contribution in [3.63, 3.8) is 0 Å². The minimum atomic E-state index is -0.697. The maximum absolute atomic E-state index is 13.0. The summed E-state index contributed by atoms with van der Waals surface area (Å²) in [4.78, 5) is 39.8. The van der Waals surface area contributed by atoms with Crippen molar-refractivity contribution >= 4 is 29.4 Å². The van der Waals surface area contributed by atoms with Crippen molar-refractivity contribution < 1.29 is 28.6 Å². The Kier molecular flexibility index (Phi) is 9.29. The number of hydrogen-bond donors (Lipinski definition) is 3. The number of carbonyl (C=O) groups excluding carboxylic acids is 3. The third-order valence-corrected chi connectivity index (χ3v) is 5.64. The van der Waals surface area contributed by atoms with Gasteiger partial charge in [-0.25, -0.2) is 14.4 Å². The first-order valence-electron chi connectivity index (χ1n) is 11.6. The van der Waals surface area contributed by atoms with Crippen LogP contribution in [0.25, 0.3) is 0 Å². The van der Waals surface area contributed by atoms with Crippen LogP contribution in [0.15, 0.2) is 59.8 Å². The average Bonchev–Trinajstić information content (AvgIpc) is 2.87. The number of allylic oxidation sites excluding steroid dienone is 1. The Hall–Kier alpha value is -4.05. The summed E-state index contributed by atoms with van der Waals surface area (Å²) in [6, 6.07) is 12.5. The molecule has 2 aromatic rings. The number of methoxy groups -OCH3 is 2. The highest BCUT2D eigenvalue weighted by molar-refractivity contribution is 6.00. The molecule has 0 aliphatic carbocycles. The third kappa shape index (κ3) is 6.33. The van der Waals surface area contributed by atoms with E-state index in [0.29, 0.717) is 40.5 Å². The van der Waals surface area contributed by atoms with E-state index in [1.54, 1.807) is 54.3 Å². The number of para-hydroxylation sites is 2. The number of carbonyl (C=O) groups is 3. The lowest BCUT2D eigenvalue weighted by atomic mass is 9.94. The van der Waals surface area contributed by atoms with Crippen LogP contribution in [-0.4, -0.2) is 56.9 Å². The molecule has 0 aromatic heterocycles. The molecule has 36 heavy (non-hydrogen) atoms. The zero-order chi connectivity index (χ0) is 26.1. The Labute approximate surface area is 210 Å². The van der Waals surface area contributed by atoms with Crippen LogP contribution in [0.5, 0.6) is 5.75 Å². The van der Waals surface area contributed by atoms with Crippen molar-refractivity contribution in [3.8, 4) is 5.75 Å². The van der Waals surface area contributed by atoms with Crippen LogP contribution in [-0.2, 0) is 14.3 Å². The largest absolute Gasteiger partial charge is 0.495 e. The second-order valence-electron chi connectivity index (χ2n) is 8.06. The number of nitrogens with zero attached hydrogens (tertiary/aromatic N) is 1. The van der Waals surface area contributed by atoms with Gasteiger partial charge in [-0.1, -0.05) is 31.2 Å². The van der Waals surface area contributed by atoms with Gasteiger partial charge in [0.15, 0.2) is 0 Å². The van der Waals surface area contributed by atoms with Crippen LogP contribution < -0.4 is 20.7 Å². The number of amides is 4. The molecule has 1 unspecified atom stereocenters. The number of ether oxygens (including phenoxy) is 3. The van der Waals surface area contributed by atoms with Crippen LogP contribution in [0, 0.1) is 0 Å². The number of urea groups is 2.